The molecule has 0 saturated carbocycles. The molecule has 0 spiro atoms. The van der Waals surface area contributed by atoms with Gasteiger partial charge in [0.05, 0.1) is 6.04 Å². The number of ketones is 1. The Kier molecular flexibility index (Phi) is 10.9. The number of rotatable bonds is 10. The van der Waals surface area contributed by atoms with Gasteiger partial charge in [-0.2, -0.15) is 13.2 Å². The summed E-state index contributed by atoms with van der Waals surface area (Å²) in [5.41, 5.74) is 13.4. The molecule has 0 saturated heterocycles. The topological polar surface area (TPSA) is 118 Å². The third-order valence-corrected chi connectivity index (χ3v) is 4.45. The van der Waals surface area contributed by atoms with E-state index >= 15 is 0 Å². The number of alkyl halides is 3. The van der Waals surface area contributed by atoms with E-state index in [0.29, 0.717) is 31.6 Å². The predicted molar refractivity (Wildman–Crippen MR) is 115 cm³/mol. The van der Waals surface area contributed by atoms with Crippen molar-refractivity contribution in [2.45, 2.75) is 38.0 Å². The molecular weight excluding hydrogens is 411 g/mol. The molecule has 0 aromatic heterocycles. The summed E-state index contributed by atoms with van der Waals surface area (Å²) < 4.78 is 31.7. The van der Waals surface area contributed by atoms with Crippen LogP contribution in [0.3, 0.4) is 0 Å². The molecule has 0 amide bonds. The van der Waals surface area contributed by atoms with Gasteiger partial charge in [0.2, 0.25) is 0 Å². The first-order valence-electron chi connectivity index (χ1n) is 9.75. The van der Waals surface area contributed by atoms with Crippen LogP contribution in [0.15, 0.2) is 49.1 Å². The second-order valence-electron chi connectivity index (χ2n) is 6.79. The molecule has 0 radical (unpaired) electrons. The molecule has 0 aliphatic heterocycles. The van der Waals surface area contributed by atoms with Gasteiger partial charge in [-0.25, -0.2) is 4.79 Å². The summed E-state index contributed by atoms with van der Waals surface area (Å²) in [5, 5.41) is 12.6. The highest BCUT2D eigenvalue weighted by Crippen LogP contribution is 2.24. The summed E-state index contributed by atoms with van der Waals surface area (Å²) in [5.74, 6) is -2.75. The van der Waals surface area contributed by atoms with E-state index in [1.54, 1.807) is 0 Å². The lowest BCUT2D eigenvalue weighted by Gasteiger charge is -2.16. The van der Waals surface area contributed by atoms with Crippen LogP contribution < -0.4 is 16.8 Å². The normalized spacial score (nSPS) is 12.0. The van der Waals surface area contributed by atoms with Gasteiger partial charge in [0, 0.05) is 18.7 Å². The summed E-state index contributed by atoms with van der Waals surface area (Å²) in [7, 11) is 0. The molecule has 2 aromatic rings. The molecule has 0 fully saturated rings. The zero-order valence-corrected chi connectivity index (χ0v) is 17.1. The second-order valence-corrected chi connectivity index (χ2v) is 6.79. The van der Waals surface area contributed by atoms with Crippen molar-refractivity contribution in [3.8, 4) is 0 Å². The molecule has 31 heavy (non-hydrogen) atoms. The Bertz CT molecular complexity index is 885. The number of nitrogens with two attached hydrogens (primary N) is 2. The van der Waals surface area contributed by atoms with Gasteiger partial charge in [-0.1, -0.05) is 48.9 Å². The maximum atomic E-state index is 12.8. The number of unbranched alkanes of at least 4 members (excludes halogenated alkanes) is 1. The summed E-state index contributed by atoms with van der Waals surface area (Å²) in [6, 6.07) is 11.5. The van der Waals surface area contributed by atoms with Gasteiger partial charge in [-0.3, -0.25) is 4.79 Å². The van der Waals surface area contributed by atoms with Crippen molar-refractivity contribution in [3.05, 3.63) is 60.2 Å². The van der Waals surface area contributed by atoms with Crippen LogP contribution >= 0.6 is 0 Å². The first kappa shape index (κ1) is 26.3. The Hall–Kier alpha value is -2.75. The molecular formula is C22H28F3N3O3. The number of fused-ring (bicyclic) bond motifs is 1. The number of hydrogen-bond acceptors (Lipinski definition) is 5. The van der Waals surface area contributed by atoms with Crippen molar-refractivity contribution in [1.82, 2.24) is 5.32 Å². The van der Waals surface area contributed by atoms with E-state index in [4.69, 9.17) is 21.4 Å². The van der Waals surface area contributed by atoms with Crippen LogP contribution in [0, 0.1) is 0 Å². The van der Waals surface area contributed by atoms with Gasteiger partial charge < -0.3 is 21.9 Å². The maximum absolute atomic E-state index is 12.8. The SMILES string of the molecule is C=CCNCc1c(C(=O)[C@@H](N)CCCCN)ccc2ccccc12.O=C(O)C(F)(F)F. The Morgan fingerprint density at radius 3 is 2.39 bits per heavy atom. The van der Waals surface area contributed by atoms with E-state index in [0.717, 1.165) is 29.2 Å². The van der Waals surface area contributed by atoms with E-state index in [1.165, 1.54) is 0 Å². The minimum absolute atomic E-state index is 0.00757. The number of carbonyl (C=O) groups is 2. The van der Waals surface area contributed by atoms with Gasteiger partial charge in [0.15, 0.2) is 5.78 Å². The third kappa shape index (κ3) is 8.49. The Morgan fingerprint density at radius 1 is 1.16 bits per heavy atom. The number of aliphatic carboxylic acids is 1. The molecule has 1 atom stereocenters. The van der Waals surface area contributed by atoms with Crippen molar-refractivity contribution in [1.29, 1.82) is 0 Å². The molecule has 0 heterocycles. The van der Waals surface area contributed by atoms with Crippen molar-refractivity contribution < 1.29 is 27.9 Å². The molecule has 2 aromatic carbocycles. The van der Waals surface area contributed by atoms with Crippen LogP contribution in [0.1, 0.15) is 35.2 Å². The fraction of sp³-hybridized carbons (Fsp3) is 0.364. The average Bonchev–Trinajstić information content (AvgIpc) is 2.73. The molecule has 0 aliphatic rings. The lowest BCUT2D eigenvalue weighted by Crippen LogP contribution is -2.32. The van der Waals surface area contributed by atoms with Crippen LogP contribution in [-0.2, 0) is 11.3 Å². The molecule has 0 bridgehead atoms. The van der Waals surface area contributed by atoms with Gasteiger partial charge in [0.1, 0.15) is 0 Å². The van der Waals surface area contributed by atoms with E-state index in [1.807, 2.05) is 30.3 Å². The summed E-state index contributed by atoms with van der Waals surface area (Å²) in [6.45, 7) is 5.66. The minimum atomic E-state index is -5.08. The van der Waals surface area contributed by atoms with E-state index in [2.05, 4.69) is 24.0 Å². The van der Waals surface area contributed by atoms with Gasteiger partial charge in [-0.15, -0.1) is 6.58 Å². The quantitative estimate of drug-likeness (QED) is 0.256. The number of hydrogen-bond donors (Lipinski definition) is 4. The number of carbonyl (C=O) groups excluding carboxylic acids is 1. The first-order valence-corrected chi connectivity index (χ1v) is 9.75. The van der Waals surface area contributed by atoms with Gasteiger partial charge in [0.25, 0.3) is 0 Å². The molecule has 9 heteroatoms. The Balaban J connectivity index is 0.000000592. The van der Waals surface area contributed by atoms with Crippen LogP contribution in [0.5, 0.6) is 0 Å². The second kappa shape index (κ2) is 12.8. The number of carboxylic acid groups (broad SMARTS) is 1. The summed E-state index contributed by atoms with van der Waals surface area (Å²) >= 11 is 0. The fourth-order valence-corrected chi connectivity index (χ4v) is 2.90. The number of Topliss-reactive ketones (excluding diaryl/α,β-unsaturated/α-hetero) is 1. The summed E-state index contributed by atoms with van der Waals surface area (Å²) in [6.07, 6.45) is -0.832. The van der Waals surface area contributed by atoms with Crippen LogP contribution in [0.4, 0.5) is 13.2 Å². The molecule has 0 unspecified atom stereocenters. The molecule has 0 aliphatic carbocycles. The van der Waals surface area contributed by atoms with Crippen molar-refractivity contribution >= 4 is 22.5 Å². The highest BCUT2D eigenvalue weighted by Gasteiger charge is 2.38. The number of nitrogens with one attached hydrogen (secondary N) is 1. The standard InChI is InChI=1S/C20H27N3O.C2HF3O2/c1-2-13-23-14-18-16-8-4-3-7-15(16)10-11-17(18)20(24)19(22)9-5-6-12-21;3-2(4,5)1(6)7/h2-4,7-8,10-11,19,23H,1,5-6,9,12-14,21-22H2;(H,6,7)/t19-;/m0./s1. The van der Waals surface area contributed by atoms with E-state index < -0.39 is 18.2 Å². The monoisotopic (exact) mass is 439 g/mol. The summed E-state index contributed by atoms with van der Waals surface area (Å²) in [4.78, 5) is 21.7. The Morgan fingerprint density at radius 2 is 1.81 bits per heavy atom. The van der Waals surface area contributed by atoms with Gasteiger partial charge in [-0.05, 0) is 35.7 Å². The molecule has 6 N–H and O–H groups in total. The predicted octanol–water partition coefficient (Wildman–Crippen LogP) is 3.39. The van der Waals surface area contributed by atoms with E-state index in [9.17, 15) is 18.0 Å². The highest BCUT2D eigenvalue weighted by atomic mass is 19.4. The maximum Gasteiger partial charge on any atom is 0.490 e. The molecule has 2 rings (SSSR count). The lowest BCUT2D eigenvalue weighted by atomic mass is 9.92. The molecule has 170 valence electrons. The van der Waals surface area contributed by atoms with Crippen molar-refractivity contribution in [2.24, 2.45) is 11.5 Å². The Labute approximate surface area is 179 Å². The molecule has 6 nitrogen and oxygen atoms in total. The first-order chi connectivity index (χ1) is 14.6. The largest absolute Gasteiger partial charge is 0.490 e. The van der Waals surface area contributed by atoms with Crippen LogP contribution in [0.2, 0.25) is 0 Å². The van der Waals surface area contributed by atoms with E-state index in [-0.39, 0.29) is 5.78 Å². The number of carboxylic acids is 1. The van der Waals surface area contributed by atoms with Gasteiger partial charge >= 0.3 is 12.1 Å². The van der Waals surface area contributed by atoms with Crippen LogP contribution in [-0.4, -0.2) is 42.2 Å². The van der Waals surface area contributed by atoms with Crippen LogP contribution in [0.25, 0.3) is 10.8 Å². The number of benzene rings is 2. The fourth-order valence-electron chi connectivity index (χ4n) is 2.90. The number of halogens is 3. The van der Waals surface area contributed by atoms with Crippen molar-refractivity contribution in [2.75, 3.05) is 13.1 Å². The zero-order chi connectivity index (χ0) is 23.4. The van der Waals surface area contributed by atoms with Crippen molar-refractivity contribution in [3.63, 3.8) is 0 Å². The third-order valence-electron chi connectivity index (χ3n) is 4.45. The lowest BCUT2D eigenvalue weighted by molar-refractivity contribution is -0.192. The minimum Gasteiger partial charge on any atom is -0.475 e. The average molecular weight is 439 g/mol. The highest BCUT2D eigenvalue weighted by molar-refractivity contribution is 6.05. The smallest absolute Gasteiger partial charge is 0.475 e. The zero-order valence-electron chi connectivity index (χ0n) is 17.1.